The first-order valence-electron chi connectivity index (χ1n) is 6.83. The molecule has 2 atom stereocenters. The van der Waals surface area contributed by atoms with Crippen molar-refractivity contribution < 1.29 is 4.52 Å². The van der Waals surface area contributed by atoms with Crippen molar-refractivity contribution >= 4 is 11.8 Å². The SMILES string of the molecule is CCC(C)SCc1noc(CC(C)(CC)CC#N)n1. The normalized spacial score (nSPS) is 15.7. The van der Waals surface area contributed by atoms with Gasteiger partial charge in [0.25, 0.3) is 0 Å². The quantitative estimate of drug-likeness (QED) is 0.721. The van der Waals surface area contributed by atoms with Crippen LogP contribution in [0.5, 0.6) is 0 Å². The largest absolute Gasteiger partial charge is 0.339 e. The number of nitrogens with zero attached hydrogens (tertiary/aromatic N) is 3. The zero-order valence-electron chi connectivity index (χ0n) is 12.3. The van der Waals surface area contributed by atoms with E-state index in [1.54, 1.807) is 0 Å². The molecule has 1 heterocycles. The maximum absolute atomic E-state index is 8.87. The monoisotopic (exact) mass is 281 g/mol. The molecule has 106 valence electrons. The third-order valence-corrected chi connectivity index (χ3v) is 4.85. The molecule has 0 aromatic carbocycles. The summed E-state index contributed by atoms with van der Waals surface area (Å²) >= 11 is 1.84. The van der Waals surface area contributed by atoms with Crippen LogP contribution < -0.4 is 0 Å². The highest BCUT2D eigenvalue weighted by molar-refractivity contribution is 7.99. The van der Waals surface area contributed by atoms with Crippen LogP contribution in [0.15, 0.2) is 4.52 Å². The van der Waals surface area contributed by atoms with Crippen LogP contribution in [0, 0.1) is 16.7 Å². The molecule has 0 fully saturated rings. The zero-order valence-corrected chi connectivity index (χ0v) is 13.1. The minimum Gasteiger partial charge on any atom is -0.339 e. The summed E-state index contributed by atoms with van der Waals surface area (Å²) in [4.78, 5) is 4.42. The second-order valence-electron chi connectivity index (χ2n) is 5.31. The molecule has 0 N–H and O–H groups in total. The molecule has 0 saturated heterocycles. The standard InChI is InChI=1S/C14H23N3OS/c1-5-11(3)19-10-12-16-13(18-17-12)9-14(4,6-2)7-8-15/h11H,5-7,9-10H2,1-4H3. The Balaban J connectivity index is 2.57. The molecule has 0 spiro atoms. The van der Waals surface area contributed by atoms with E-state index in [9.17, 15) is 0 Å². The van der Waals surface area contributed by atoms with Gasteiger partial charge in [0.1, 0.15) is 0 Å². The average molecular weight is 281 g/mol. The Kier molecular flexibility index (Phi) is 6.36. The molecule has 4 nitrogen and oxygen atoms in total. The van der Waals surface area contributed by atoms with E-state index in [-0.39, 0.29) is 5.41 Å². The van der Waals surface area contributed by atoms with E-state index >= 15 is 0 Å². The molecule has 1 aromatic rings. The number of rotatable bonds is 8. The summed E-state index contributed by atoms with van der Waals surface area (Å²) < 4.78 is 5.29. The molecule has 19 heavy (non-hydrogen) atoms. The fraction of sp³-hybridized carbons (Fsp3) is 0.786. The smallest absolute Gasteiger partial charge is 0.227 e. The predicted molar refractivity (Wildman–Crippen MR) is 77.7 cm³/mol. The fourth-order valence-corrected chi connectivity index (χ4v) is 2.41. The molecule has 2 unspecified atom stereocenters. The van der Waals surface area contributed by atoms with E-state index in [2.05, 4.69) is 43.9 Å². The number of hydrogen-bond donors (Lipinski definition) is 0. The van der Waals surface area contributed by atoms with Crippen molar-refractivity contribution in [3.63, 3.8) is 0 Å². The molecule has 0 bridgehead atoms. The lowest BCUT2D eigenvalue weighted by Gasteiger charge is -2.22. The molecule has 1 aromatic heterocycles. The van der Waals surface area contributed by atoms with Gasteiger partial charge < -0.3 is 4.52 Å². The molecule has 0 amide bonds. The maximum Gasteiger partial charge on any atom is 0.227 e. The fourth-order valence-electron chi connectivity index (χ4n) is 1.62. The Morgan fingerprint density at radius 1 is 1.47 bits per heavy atom. The van der Waals surface area contributed by atoms with Crippen LogP contribution in [-0.4, -0.2) is 15.4 Å². The molecular weight excluding hydrogens is 258 g/mol. The van der Waals surface area contributed by atoms with Gasteiger partial charge in [-0.3, -0.25) is 0 Å². The number of aromatic nitrogens is 2. The van der Waals surface area contributed by atoms with Crippen molar-refractivity contribution in [2.24, 2.45) is 5.41 Å². The average Bonchev–Trinajstić information content (AvgIpc) is 2.83. The van der Waals surface area contributed by atoms with Gasteiger partial charge >= 0.3 is 0 Å². The Hall–Kier alpha value is -1.02. The third-order valence-electron chi connectivity index (χ3n) is 3.52. The van der Waals surface area contributed by atoms with E-state index in [1.165, 1.54) is 0 Å². The predicted octanol–water partition coefficient (Wildman–Crippen LogP) is 3.97. The molecule has 0 aliphatic carbocycles. The number of nitriles is 1. The molecule has 0 aliphatic heterocycles. The van der Waals surface area contributed by atoms with Crippen molar-refractivity contribution in [3.05, 3.63) is 11.7 Å². The first kappa shape index (κ1) is 16.0. The summed E-state index contributed by atoms with van der Waals surface area (Å²) in [6.07, 6.45) is 3.27. The minimum atomic E-state index is -0.0671. The molecular formula is C14H23N3OS. The van der Waals surface area contributed by atoms with Crippen molar-refractivity contribution in [2.45, 2.75) is 64.4 Å². The summed E-state index contributed by atoms with van der Waals surface area (Å²) in [5, 5.41) is 13.5. The van der Waals surface area contributed by atoms with E-state index in [1.807, 2.05) is 11.8 Å². The van der Waals surface area contributed by atoms with Crippen LogP contribution in [-0.2, 0) is 12.2 Å². The van der Waals surface area contributed by atoms with Gasteiger partial charge in [-0.05, 0) is 18.3 Å². The summed E-state index contributed by atoms with van der Waals surface area (Å²) in [6, 6.07) is 2.24. The van der Waals surface area contributed by atoms with Crippen LogP contribution in [0.1, 0.15) is 58.7 Å². The Labute approximate surface area is 120 Å². The number of thioether (sulfide) groups is 1. The van der Waals surface area contributed by atoms with Gasteiger partial charge in [0.2, 0.25) is 5.89 Å². The van der Waals surface area contributed by atoms with Crippen molar-refractivity contribution in [1.82, 2.24) is 10.1 Å². The van der Waals surface area contributed by atoms with Crippen molar-refractivity contribution in [2.75, 3.05) is 0 Å². The summed E-state index contributed by atoms with van der Waals surface area (Å²) in [5.41, 5.74) is -0.0671. The zero-order chi connectivity index (χ0) is 14.3. The van der Waals surface area contributed by atoms with E-state index < -0.39 is 0 Å². The highest BCUT2D eigenvalue weighted by atomic mass is 32.2. The van der Waals surface area contributed by atoms with Gasteiger partial charge in [-0.15, -0.1) is 0 Å². The Morgan fingerprint density at radius 3 is 2.79 bits per heavy atom. The summed E-state index contributed by atoms with van der Waals surface area (Å²) in [6.45, 7) is 8.56. The second kappa shape index (κ2) is 7.54. The lowest BCUT2D eigenvalue weighted by molar-refractivity contribution is 0.265. The van der Waals surface area contributed by atoms with Crippen LogP contribution in [0.3, 0.4) is 0 Å². The maximum atomic E-state index is 8.87. The van der Waals surface area contributed by atoms with Crippen LogP contribution in [0.4, 0.5) is 0 Å². The van der Waals surface area contributed by atoms with Crippen LogP contribution in [0.2, 0.25) is 0 Å². The third kappa shape index (κ3) is 5.23. The van der Waals surface area contributed by atoms with Crippen LogP contribution >= 0.6 is 11.8 Å². The van der Waals surface area contributed by atoms with Crippen molar-refractivity contribution in [1.29, 1.82) is 5.26 Å². The van der Waals surface area contributed by atoms with Gasteiger partial charge in [-0.1, -0.05) is 32.9 Å². The molecule has 0 radical (unpaired) electrons. The molecule has 0 aliphatic rings. The summed E-state index contributed by atoms with van der Waals surface area (Å²) in [7, 11) is 0. The lowest BCUT2D eigenvalue weighted by atomic mass is 9.81. The molecule has 0 saturated carbocycles. The second-order valence-corrected chi connectivity index (χ2v) is 6.74. The van der Waals surface area contributed by atoms with E-state index in [4.69, 9.17) is 9.78 Å². The van der Waals surface area contributed by atoms with Crippen LogP contribution in [0.25, 0.3) is 0 Å². The molecule has 1 rings (SSSR count). The first-order chi connectivity index (χ1) is 9.03. The van der Waals surface area contributed by atoms with Gasteiger partial charge in [0, 0.05) is 18.1 Å². The highest BCUT2D eigenvalue weighted by Gasteiger charge is 2.25. The van der Waals surface area contributed by atoms with Gasteiger partial charge in [0.15, 0.2) is 5.82 Å². The van der Waals surface area contributed by atoms with E-state index in [0.717, 1.165) is 24.4 Å². The number of hydrogen-bond acceptors (Lipinski definition) is 5. The highest BCUT2D eigenvalue weighted by Crippen LogP contribution is 2.29. The summed E-state index contributed by atoms with van der Waals surface area (Å²) in [5.74, 6) is 2.20. The van der Waals surface area contributed by atoms with Gasteiger partial charge in [0.05, 0.1) is 11.8 Å². The first-order valence-corrected chi connectivity index (χ1v) is 7.88. The lowest BCUT2D eigenvalue weighted by Crippen LogP contribution is -2.18. The van der Waals surface area contributed by atoms with Gasteiger partial charge in [-0.2, -0.15) is 22.0 Å². The van der Waals surface area contributed by atoms with Gasteiger partial charge in [-0.25, -0.2) is 0 Å². The Bertz CT molecular complexity index is 427. The minimum absolute atomic E-state index is 0.0671. The Morgan fingerprint density at radius 2 is 2.21 bits per heavy atom. The van der Waals surface area contributed by atoms with Crippen molar-refractivity contribution in [3.8, 4) is 6.07 Å². The topological polar surface area (TPSA) is 62.7 Å². The molecule has 5 heteroatoms. The van der Waals surface area contributed by atoms with E-state index in [0.29, 0.717) is 24.0 Å².